The summed E-state index contributed by atoms with van der Waals surface area (Å²) in [6.45, 7) is 0. The van der Waals surface area contributed by atoms with E-state index in [4.69, 9.17) is 5.10 Å². The molecule has 0 spiro atoms. The molecule has 0 aliphatic heterocycles. The molecule has 0 atom stereocenters. The molecule has 1 amide bonds. The highest BCUT2D eigenvalue weighted by Gasteiger charge is 2.12. The highest BCUT2D eigenvalue weighted by Crippen LogP contribution is 2.28. The summed E-state index contributed by atoms with van der Waals surface area (Å²) in [4.78, 5) is 12.5. The summed E-state index contributed by atoms with van der Waals surface area (Å²) in [6.07, 6.45) is 5.11. The van der Waals surface area contributed by atoms with Gasteiger partial charge in [0, 0.05) is 29.1 Å². The molecule has 0 aliphatic rings. The van der Waals surface area contributed by atoms with Gasteiger partial charge in [0.05, 0.1) is 11.4 Å². The third kappa shape index (κ3) is 4.57. The van der Waals surface area contributed by atoms with Gasteiger partial charge >= 0.3 is 0 Å². The largest absolute Gasteiger partial charge is 0.323 e. The molecule has 5 aromatic rings. The van der Waals surface area contributed by atoms with Crippen LogP contribution in [0.1, 0.15) is 5.56 Å². The molecule has 1 heterocycles. The summed E-state index contributed by atoms with van der Waals surface area (Å²) < 4.78 is 14.9. The second kappa shape index (κ2) is 8.93. The first-order chi connectivity index (χ1) is 16.2. The van der Waals surface area contributed by atoms with Crippen molar-refractivity contribution >= 4 is 28.4 Å². The summed E-state index contributed by atoms with van der Waals surface area (Å²) >= 11 is 0. The standard InChI is InChI=1S/C28H20FN3O/c29-24-13-15-25(16-14-24)30-27(33)17-12-23-19-32(26-8-2-1-3-9-26)31-28(23)22-11-10-20-6-4-5-7-21(20)18-22/h1-19H,(H,30,33)/b17-12-. The third-order valence-corrected chi connectivity index (χ3v) is 5.31. The van der Waals surface area contributed by atoms with Crippen LogP contribution in [0.25, 0.3) is 33.8 Å². The van der Waals surface area contributed by atoms with E-state index in [1.807, 2.05) is 59.4 Å². The predicted molar refractivity (Wildman–Crippen MR) is 131 cm³/mol. The Hall–Kier alpha value is -4.51. The molecule has 4 aromatic carbocycles. The normalized spacial score (nSPS) is 11.2. The van der Waals surface area contributed by atoms with Gasteiger partial charge in [-0.25, -0.2) is 9.07 Å². The van der Waals surface area contributed by atoms with E-state index in [2.05, 4.69) is 29.6 Å². The van der Waals surface area contributed by atoms with Crippen LogP contribution in [-0.4, -0.2) is 15.7 Å². The van der Waals surface area contributed by atoms with Crippen LogP contribution in [0, 0.1) is 5.82 Å². The smallest absolute Gasteiger partial charge is 0.248 e. The topological polar surface area (TPSA) is 46.9 Å². The van der Waals surface area contributed by atoms with Crippen LogP contribution in [0.5, 0.6) is 0 Å². The Kier molecular flexibility index (Phi) is 5.52. The number of nitrogens with one attached hydrogen (secondary N) is 1. The van der Waals surface area contributed by atoms with Gasteiger partial charge in [-0.05, 0) is 59.3 Å². The number of para-hydroxylation sites is 1. The fourth-order valence-corrected chi connectivity index (χ4v) is 3.67. The van der Waals surface area contributed by atoms with Crippen LogP contribution in [-0.2, 0) is 4.79 Å². The Morgan fingerprint density at radius 1 is 0.848 bits per heavy atom. The van der Waals surface area contributed by atoms with Gasteiger partial charge in [0.25, 0.3) is 0 Å². The third-order valence-electron chi connectivity index (χ3n) is 5.31. The molecule has 1 aromatic heterocycles. The number of hydrogen-bond donors (Lipinski definition) is 1. The zero-order valence-electron chi connectivity index (χ0n) is 17.7. The van der Waals surface area contributed by atoms with Crippen molar-refractivity contribution in [1.29, 1.82) is 0 Å². The molecule has 0 saturated carbocycles. The summed E-state index contributed by atoms with van der Waals surface area (Å²) in [5, 5.41) is 9.83. The van der Waals surface area contributed by atoms with E-state index in [9.17, 15) is 9.18 Å². The number of halogens is 1. The van der Waals surface area contributed by atoms with Gasteiger partial charge in [0.2, 0.25) is 5.91 Å². The number of carbonyl (C=O) groups is 1. The van der Waals surface area contributed by atoms with E-state index < -0.39 is 0 Å². The number of fused-ring (bicyclic) bond motifs is 1. The molecule has 0 unspecified atom stereocenters. The minimum atomic E-state index is -0.350. The van der Waals surface area contributed by atoms with Crippen molar-refractivity contribution in [3.63, 3.8) is 0 Å². The number of anilines is 1. The SMILES string of the molecule is O=C(/C=C\c1cn(-c2ccccc2)nc1-c1ccc2ccccc2c1)Nc1ccc(F)cc1. The highest BCUT2D eigenvalue weighted by molar-refractivity contribution is 6.02. The summed E-state index contributed by atoms with van der Waals surface area (Å²) in [5.74, 6) is -0.657. The first kappa shape index (κ1) is 20.4. The van der Waals surface area contributed by atoms with Gasteiger partial charge in [-0.2, -0.15) is 5.10 Å². The van der Waals surface area contributed by atoms with Gasteiger partial charge in [-0.1, -0.05) is 54.6 Å². The molecular formula is C28H20FN3O. The van der Waals surface area contributed by atoms with Crippen LogP contribution < -0.4 is 5.32 Å². The zero-order chi connectivity index (χ0) is 22.6. The molecular weight excluding hydrogens is 413 g/mol. The molecule has 33 heavy (non-hydrogen) atoms. The van der Waals surface area contributed by atoms with Crippen molar-refractivity contribution in [3.05, 3.63) is 121 Å². The van der Waals surface area contributed by atoms with Gasteiger partial charge in [0.15, 0.2) is 0 Å². The lowest BCUT2D eigenvalue weighted by molar-refractivity contribution is -0.111. The number of amides is 1. The molecule has 160 valence electrons. The number of benzene rings is 4. The molecule has 0 bridgehead atoms. The van der Waals surface area contributed by atoms with Gasteiger partial charge in [0.1, 0.15) is 5.82 Å². The lowest BCUT2D eigenvalue weighted by Crippen LogP contribution is -2.07. The zero-order valence-corrected chi connectivity index (χ0v) is 17.7. The second-order valence-corrected chi connectivity index (χ2v) is 7.60. The lowest BCUT2D eigenvalue weighted by Gasteiger charge is -2.03. The van der Waals surface area contributed by atoms with E-state index in [1.165, 1.54) is 30.3 Å². The van der Waals surface area contributed by atoms with Crippen molar-refractivity contribution in [3.8, 4) is 16.9 Å². The molecule has 1 N–H and O–H groups in total. The van der Waals surface area contributed by atoms with E-state index in [0.29, 0.717) is 5.69 Å². The first-order valence-electron chi connectivity index (χ1n) is 10.5. The Balaban J connectivity index is 1.50. The summed E-state index contributed by atoms with van der Waals surface area (Å²) in [5.41, 5.74) is 4.00. The average molecular weight is 433 g/mol. The molecule has 0 aliphatic carbocycles. The van der Waals surface area contributed by atoms with Crippen molar-refractivity contribution in [2.45, 2.75) is 0 Å². The van der Waals surface area contributed by atoms with Crippen LogP contribution in [0.3, 0.4) is 0 Å². The molecule has 0 fully saturated rings. The summed E-state index contributed by atoms with van der Waals surface area (Å²) in [6, 6.07) is 29.9. The molecule has 4 nitrogen and oxygen atoms in total. The first-order valence-corrected chi connectivity index (χ1v) is 10.5. The van der Waals surface area contributed by atoms with Crippen molar-refractivity contribution in [1.82, 2.24) is 9.78 Å². The Morgan fingerprint density at radius 3 is 2.36 bits per heavy atom. The number of aromatic nitrogens is 2. The van der Waals surface area contributed by atoms with Crippen molar-refractivity contribution in [2.75, 3.05) is 5.32 Å². The molecule has 5 heteroatoms. The number of carbonyl (C=O) groups excluding carboxylic acids is 1. The Morgan fingerprint density at radius 2 is 1.58 bits per heavy atom. The molecule has 0 radical (unpaired) electrons. The van der Waals surface area contributed by atoms with Gasteiger partial charge in [-0.15, -0.1) is 0 Å². The lowest BCUT2D eigenvalue weighted by atomic mass is 10.0. The maximum Gasteiger partial charge on any atom is 0.248 e. The minimum Gasteiger partial charge on any atom is -0.323 e. The summed E-state index contributed by atoms with van der Waals surface area (Å²) in [7, 11) is 0. The molecule has 5 rings (SSSR count). The maximum atomic E-state index is 13.1. The molecule has 0 saturated heterocycles. The monoisotopic (exact) mass is 433 g/mol. The Labute approximate surface area is 190 Å². The predicted octanol–water partition coefficient (Wildman–Crippen LogP) is 6.48. The van der Waals surface area contributed by atoms with Gasteiger partial charge < -0.3 is 5.32 Å². The van der Waals surface area contributed by atoms with Crippen molar-refractivity contribution < 1.29 is 9.18 Å². The quantitative estimate of drug-likeness (QED) is 0.322. The number of rotatable bonds is 5. The maximum absolute atomic E-state index is 13.1. The minimum absolute atomic E-state index is 0.307. The van der Waals surface area contributed by atoms with Gasteiger partial charge in [-0.3, -0.25) is 4.79 Å². The van der Waals surface area contributed by atoms with Crippen LogP contribution >= 0.6 is 0 Å². The second-order valence-electron chi connectivity index (χ2n) is 7.60. The average Bonchev–Trinajstić information content (AvgIpc) is 3.29. The van der Waals surface area contributed by atoms with E-state index in [1.54, 1.807) is 6.08 Å². The highest BCUT2D eigenvalue weighted by atomic mass is 19.1. The van der Waals surface area contributed by atoms with Crippen LogP contribution in [0.4, 0.5) is 10.1 Å². The van der Waals surface area contributed by atoms with Crippen molar-refractivity contribution in [2.24, 2.45) is 0 Å². The van der Waals surface area contributed by atoms with E-state index in [0.717, 1.165) is 33.3 Å². The Bertz CT molecular complexity index is 1450. The van der Waals surface area contributed by atoms with Crippen LogP contribution in [0.15, 0.2) is 109 Å². The van der Waals surface area contributed by atoms with E-state index >= 15 is 0 Å². The van der Waals surface area contributed by atoms with Crippen LogP contribution in [0.2, 0.25) is 0 Å². The fraction of sp³-hybridized carbons (Fsp3) is 0. The number of hydrogen-bond acceptors (Lipinski definition) is 2. The number of nitrogens with zero attached hydrogens (tertiary/aromatic N) is 2. The fourth-order valence-electron chi connectivity index (χ4n) is 3.67. The van der Waals surface area contributed by atoms with E-state index in [-0.39, 0.29) is 11.7 Å².